The van der Waals surface area contributed by atoms with Gasteiger partial charge in [-0.25, -0.2) is 0 Å². The van der Waals surface area contributed by atoms with Crippen LogP contribution in [0.15, 0.2) is 0 Å². The van der Waals surface area contributed by atoms with Crippen molar-refractivity contribution in [2.45, 2.75) is 46.6 Å². The second-order valence-corrected chi connectivity index (χ2v) is 3.70. The van der Waals surface area contributed by atoms with Crippen LogP contribution in [0.5, 0.6) is 0 Å². The zero-order valence-corrected chi connectivity index (χ0v) is 8.65. The average Bonchev–Trinajstić information content (AvgIpc) is 2.02. The maximum atomic E-state index is 3.30. The normalized spacial score (nSPS) is 19.4. The molecule has 1 N–H and O–H groups in total. The Hall–Kier alpha value is -0.0400. The fraction of sp³-hybridized carbons (Fsp3) is 1.00. The van der Waals surface area contributed by atoms with Crippen molar-refractivity contribution in [2.24, 2.45) is 11.8 Å². The van der Waals surface area contributed by atoms with Gasteiger partial charge in [-0.3, -0.25) is 0 Å². The maximum absolute atomic E-state index is 3.30. The quantitative estimate of drug-likeness (QED) is 0.647. The van der Waals surface area contributed by atoms with Crippen molar-refractivity contribution in [1.29, 1.82) is 0 Å². The Kier molecular flexibility index (Phi) is 5.57. The molecule has 0 bridgehead atoms. The van der Waals surface area contributed by atoms with Gasteiger partial charge >= 0.3 is 0 Å². The summed E-state index contributed by atoms with van der Waals surface area (Å²) in [5, 5.41) is 3.30. The molecule has 0 saturated heterocycles. The van der Waals surface area contributed by atoms with Crippen LogP contribution < -0.4 is 5.32 Å². The second-order valence-electron chi connectivity index (χ2n) is 3.70. The van der Waals surface area contributed by atoms with Crippen molar-refractivity contribution >= 4 is 0 Å². The third-order valence-corrected chi connectivity index (χ3v) is 2.89. The Balaban J connectivity index is 3.70. The molecule has 0 saturated carbocycles. The van der Waals surface area contributed by atoms with Crippen LogP contribution in [-0.2, 0) is 0 Å². The molecule has 0 rings (SSSR count). The molecule has 0 heterocycles. The standard InChI is InChI=1S/C10H23N/c1-6-7-8(2)9(3)10(4)11-5/h8-11H,6-7H2,1-5H3. The molecule has 11 heavy (non-hydrogen) atoms. The van der Waals surface area contributed by atoms with E-state index in [4.69, 9.17) is 0 Å². The van der Waals surface area contributed by atoms with Crippen molar-refractivity contribution in [2.75, 3.05) is 7.05 Å². The SMILES string of the molecule is CCCC(C)C(C)C(C)NC. The molecule has 0 aromatic heterocycles. The Morgan fingerprint density at radius 3 is 2.09 bits per heavy atom. The molecule has 0 spiro atoms. The number of nitrogens with one attached hydrogen (secondary N) is 1. The summed E-state index contributed by atoms with van der Waals surface area (Å²) >= 11 is 0. The van der Waals surface area contributed by atoms with E-state index in [9.17, 15) is 0 Å². The molecule has 0 aromatic carbocycles. The van der Waals surface area contributed by atoms with E-state index in [1.807, 2.05) is 7.05 Å². The number of hydrogen-bond acceptors (Lipinski definition) is 1. The minimum Gasteiger partial charge on any atom is -0.317 e. The van der Waals surface area contributed by atoms with E-state index in [1.54, 1.807) is 0 Å². The first-order chi connectivity index (χ1) is 5.13. The fourth-order valence-electron chi connectivity index (χ4n) is 1.47. The molecular formula is C10H23N. The molecule has 1 nitrogen and oxygen atoms in total. The van der Waals surface area contributed by atoms with Gasteiger partial charge in [-0.05, 0) is 25.8 Å². The van der Waals surface area contributed by atoms with Crippen LogP contribution in [0.25, 0.3) is 0 Å². The molecule has 0 aliphatic carbocycles. The maximum Gasteiger partial charge on any atom is 0.00639 e. The lowest BCUT2D eigenvalue weighted by atomic mass is 9.87. The highest BCUT2D eigenvalue weighted by Gasteiger charge is 2.16. The van der Waals surface area contributed by atoms with Gasteiger partial charge in [-0.2, -0.15) is 0 Å². The number of rotatable bonds is 5. The predicted octanol–water partition coefficient (Wildman–Crippen LogP) is 2.67. The van der Waals surface area contributed by atoms with Crippen LogP contribution in [0.4, 0.5) is 0 Å². The molecule has 1 heteroatoms. The van der Waals surface area contributed by atoms with Crippen molar-refractivity contribution < 1.29 is 0 Å². The van der Waals surface area contributed by atoms with Gasteiger partial charge in [0.1, 0.15) is 0 Å². The summed E-state index contributed by atoms with van der Waals surface area (Å²) in [7, 11) is 2.04. The Bertz CT molecular complexity index is 90.9. The topological polar surface area (TPSA) is 12.0 Å². The fourth-order valence-corrected chi connectivity index (χ4v) is 1.47. The summed E-state index contributed by atoms with van der Waals surface area (Å²) in [5.74, 6) is 1.64. The molecule has 0 radical (unpaired) electrons. The van der Waals surface area contributed by atoms with Gasteiger partial charge in [0.25, 0.3) is 0 Å². The first kappa shape index (κ1) is 11.0. The van der Waals surface area contributed by atoms with Crippen LogP contribution in [0.3, 0.4) is 0 Å². The van der Waals surface area contributed by atoms with E-state index in [0.717, 1.165) is 11.8 Å². The first-order valence-corrected chi connectivity index (χ1v) is 4.80. The molecule has 0 fully saturated rings. The van der Waals surface area contributed by atoms with Crippen molar-refractivity contribution in [3.63, 3.8) is 0 Å². The zero-order valence-electron chi connectivity index (χ0n) is 8.65. The van der Waals surface area contributed by atoms with E-state index in [2.05, 4.69) is 33.0 Å². The first-order valence-electron chi connectivity index (χ1n) is 4.80. The summed E-state index contributed by atoms with van der Waals surface area (Å²) in [5.41, 5.74) is 0. The summed E-state index contributed by atoms with van der Waals surface area (Å²) in [6.07, 6.45) is 2.66. The Morgan fingerprint density at radius 2 is 1.73 bits per heavy atom. The van der Waals surface area contributed by atoms with Gasteiger partial charge in [-0.1, -0.05) is 33.6 Å². The third kappa shape index (κ3) is 3.76. The second kappa shape index (κ2) is 5.59. The number of hydrogen-bond donors (Lipinski definition) is 1. The minimum atomic E-state index is 0.650. The summed E-state index contributed by atoms with van der Waals surface area (Å²) in [4.78, 5) is 0. The third-order valence-electron chi connectivity index (χ3n) is 2.89. The Morgan fingerprint density at radius 1 is 1.18 bits per heavy atom. The molecular weight excluding hydrogens is 134 g/mol. The van der Waals surface area contributed by atoms with Crippen LogP contribution in [-0.4, -0.2) is 13.1 Å². The summed E-state index contributed by atoms with van der Waals surface area (Å²) in [6, 6.07) is 0.650. The monoisotopic (exact) mass is 157 g/mol. The van der Waals surface area contributed by atoms with Crippen LogP contribution in [0.2, 0.25) is 0 Å². The van der Waals surface area contributed by atoms with Crippen molar-refractivity contribution in [3.05, 3.63) is 0 Å². The van der Waals surface area contributed by atoms with Crippen molar-refractivity contribution in [3.8, 4) is 0 Å². The lowest BCUT2D eigenvalue weighted by molar-refractivity contribution is 0.293. The molecule has 3 atom stereocenters. The predicted molar refractivity (Wildman–Crippen MR) is 51.8 cm³/mol. The van der Waals surface area contributed by atoms with E-state index in [1.165, 1.54) is 12.8 Å². The molecule has 0 aromatic rings. The molecule has 3 unspecified atom stereocenters. The van der Waals surface area contributed by atoms with Gasteiger partial charge in [0.15, 0.2) is 0 Å². The molecule has 68 valence electrons. The largest absolute Gasteiger partial charge is 0.317 e. The zero-order chi connectivity index (χ0) is 8.85. The minimum absolute atomic E-state index is 0.650. The van der Waals surface area contributed by atoms with E-state index in [-0.39, 0.29) is 0 Å². The van der Waals surface area contributed by atoms with E-state index < -0.39 is 0 Å². The van der Waals surface area contributed by atoms with Crippen molar-refractivity contribution in [1.82, 2.24) is 5.32 Å². The highest BCUT2D eigenvalue weighted by Crippen LogP contribution is 2.19. The molecule has 0 aliphatic heterocycles. The van der Waals surface area contributed by atoms with E-state index >= 15 is 0 Å². The highest BCUT2D eigenvalue weighted by atomic mass is 14.9. The van der Waals surface area contributed by atoms with Gasteiger partial charge in [0, 0.05) is 6.04 Å². The molecule has 0 aliphatic rings. The molecule has 0 amide bonds. The van der Waals surface area contributed by atoms with Crippen LogP contribution in [0, 0.1) is 11.8 Å². The lowest BCUT2D eigenvalue weighted by Crippen LogP contribution is -2.32. The van der Waals surface area contributed by atoms with Gasteiger partial charge < -0.3 is 5.32 Å². The van der Waals surface area contributed by atoms with Gasteiger partial charge in [0.05, 0.1) is 0 Å². The smallest absolute Gasteiger partial charge is 0.00639 e. The van der Waals surface area contributed by atoms with Gasteiger partial charge in [0.2, 0.25) is 0 Å². The lowest BCUT2D eigenvalue weighted by Gasteiger charge is -2.25. The van der Waals surface area contributed by atoms with Gasteiger partial charge in [-0.15, -0.1) is 0 Å². The highest BCUT2D eigenvalue weighted by molar-refractivity contribution is 4.71. The van der Waals surface area contributed by atoms with E-state index in [0.29, 0.717) is 6.04 Å². The Labute approximate surface area is 71.6 Å². The summed E-state index contributed by atoms with van der Waals surface area (Å²) in [6.45, 7) is 9.20. The summed E-state index contributed by atoms with van der Waals surface area (Å²) < 4.78 is 0. The van der Waals surface area contributed by atoms with Crippen LogP contribution >= 0.6 is 0 Å². The van der Waals surface area contributed by atoms with Crippen LogP contribution in [0.1, 0.15) is 40.5 Å². The average molecular weight is 157 g/mol.